The van der Waals surface area contributed by atoms with E-state index in [0.29, 0.717) is 16.7 Å². The van der Waals surface area contributed by atoms with Crippen molar-refractivity contribution >= 4 is 17.1 Å². The lowest BCUT2D eigenvalue weighted by atomic mass is 9.89. The number of primary amides is 1. The van der Waals surface area contributed by atoms with Crippen LogP contribution in [0.2, 0.25) is 0 Å². The lowest BCUT2D eigenvalue weighted by molar-refractivity contribution is -0.304. The molecule has 0 spiro atoms. The highest BCUT2D eigenvalue weighted by atomic mass is 16.7. The molecule has 1 aliphatic heterocycles. The number of amides is 1. The number of aliphatic hydroxyl groups is 1. The molecule has 27 heavy (non-hydrogen) atoms. The van der Waals surface area contributed by atoms with Crippen molar-refractivity contribution in [1.82, 2.24) is 0 Å². The zero-order chi connectivity index (χ0) is 19.8. The number of fused-ring (bicyclic) bond motifs is 1. The molecule has 3 N–H and O–H groups in total. The summed E-state index contributed by atoms with van der Waals surface area (Å²) in [5.74, 6) is 0.291. The molecule has 2 aromatic rings. The van der Waals surface area contributed by atoms with Crippen LogP contribution in [-0.2, 0) is 14.2 Å². The first-order valence-electron chi connectivity index (χ1n) is 8.26. The van der Waals surface area contributed by atoms with Gasteiger partial charge in [0.15, 0.2) is 6.10 Å². The number of benzene rings is 1. The van der Waals surface area contributed by atoms with Gasteiger partial charge in [-0.1, -0.05) is 0 Å². The average molecular weight is 379 g/mol. The second-order valence-corrected chi connectivity index (χ2v) is 6.71. The Hall–Kier alpha value is -2.62. The number of rotatable bonds is 4. The van der Waals surface area contributed by atoms with Crippen LogP contribution in [-0.4, -0.2) is 48.5 Å². The van der Waals surface area contributed by atoms with Gasteiger partial charge in [0.2, 0.25) is 6.29 Å². The lowest BCUT2D eigenvalue weighted by Crippen LogP contribution is -2.65. The highest BCUT2D eigenvalue weighted by Gasteiger charge is 2.52. The zero-order valence-electron chi connectivity index (χ0n) is 15.1. The van der Waals surface area contributed by atoms with Gasteiger partial charge in [0.1, 0.15) is 23.5 Å². The van der Waals surface area contributed by atoms with E-state index in [2.05, 4.69) is 0 Å². The number of hydrogen-bond acceptors (Lipinski definition) is 8. The predicted octanol–water partition coefficient (Wildman–Crippen LogP) is 1.15. The number of hydrogen-bond donors (Lipinski definition) is 2. The standard InChI is InChI=1S/C18H21NO8/c1-18(2)15(23-3)13(21)14(26-17(19)22)16(27-18)24-10-6-4-9-5-7-12(20)25-11(9)8-10/h4-8,13-16,21H,1-3H3,(H2,19,22)/t13-,14-,15-,16-/m1/s1. The van der Waals surface area contributed by atoms with E-state index < -0.39 is 41.9 Å². The Labute approximate surface area is 154 Å². The summed E-state index contributed by atoms with van der Waals surface area (Å²) in [5.41, 5.74) is 3.99. The van der Waals surface area contributed by atoms with E-state index in [9.17, 15) is 14.7 Å². The zero-order valence-corrected chi connectivity index (χ0v) is 15.1. The normalized spacial score (nSPS) is 27.3. The van der Waals surface area contributed by atoms with Gasteiger partial charge in [0, 0.05) is 24.6 Å². The summed E-state index contributed by atoms with van der Waals surface area (Å²) >= 11 is 0. The van der Waals surface area contributed by atoms with E-state index in [1.165, 1.54) is 19.2 Å². The molecular weight excluding hydrogens is 358 g/mol. The highest BCUT2D eigenvalue weighted by Crippen LogP contribution is 2.34. The summed E-state index contributed by atoms with van der Waals surface area (Å²) in [6.07, 6.45) is -5.50. The fourth-order valence-corrected chi connectivity index (χ4v) is 3.20. The summed E-state index contributed by atoms with van der Waals surface area (Å²) in [5, 5.41) is 11.3. The molecule has 2 heterocycles. The number of methoxy groups -OCH3 is 1. The van der Waals surface area contributed by atoms with E-state index in [-0.39, 0.29) is 0 Å². The Morgan fingerprint density at radius 3 is 2.63 bits per heavy atom. The quantitative estimate of drug-likeness (QED) is 0.757. The number of nitrogens with two attached hydrogens (primary N) is 1. The van der Waals surface area contributed by atoms with Crippen LogP contribution in [0, 0.1) is 0 Å². The molecule has 1 saturated heterocycles. The first-order chi connectivity index (χ1) is 12.7. The van der Waals surface area contributed by atoms with Gasteiger partial charge in [0.05, 0.1) is 5.60 Å². The number of ether oxygens (including phenoxy) is 4. The fraction of sp³-hybridized carbons (Fsp3) is 0.444. The summed E-state index contributed by atoms with van der Waals surface area (Å²) in [7, 11) is 1.41. The third-order valence-electron chi connectivity index (χ3n) is 4.37. The van der Waals surface area contributed by atoms with Gasteiger partial charge in [-0.2, -0.15) is 0 Å². The summed E-state index contributed by atoms with van der Waals surface area (Å²) in [6.45, 7) is 3.42. The molecule has 0 bridgehead atoms. The van der Waals surface area contributed by atoms with Gasteiger partial charge >= 0.3 is 11.7 Å². The molecule has 0 saturated carbocycles. The fourth-order valence-electron chi connectivity index (χ4n) is 3.20. The van der Waals surface area contributed by atoms with Crippen LogP contribution in [0.25, 0.3) is 11.0 Å². The van der Waals surface area contributed by atoms with Gasteiger partial charge in [-0.15, -0.1) is 0 Å². The topological polar surface area (TPSA) is 130 Å². The molecule has 1 fully saturated rings. The smallest absolute Gasteiger partial charge is 0.405 e. The predicted molar refractivity (Wildman–Crippen MR) is 93.3 cm³/mol. The molecule has 4 atom stereocenters. The SMILES string of the molecule is CO[C@@H]1[C@H](O)[C@@H](OC(N)=O)[C@H](Oc2ccc3ccc(=O)oc3c2)OC1(C)C. The monoisotopic (exact) mass is 379 g/mol. The van der Waals surface area contributed by atoms with Crippen LogP contribution in [0.4, 0.5) is 4.79 Å². The maximum atomic E-state index is 11.4. The first-order valence-corrected chi connectivity index (χ1v) is 8.26. The van der Waals surface area contributed by atoms with Crippen molar-refractivity contribution in [3.8, 4) is 5.75 Å². The summed E-state index contributed by atoms with van der Waals surface area (Å²) in [6, 6.07) is 7.77. The largest absolute Gasteiger partial charge is 0.461 e. The molecule has 9 nitrogen and oxygen atoms in total. The van der Waals surface area contributed by atoms with Gasteiger partial charge in [0.25, 0.3) is 0 Å². The van der Waals surface area contributed by atoms with Gasteiger partial charge < -0.3 is 34.2 Å². The molecule has 146 valence electrons. The third-order valence-corrected chi connectivity index (χ3v) is 4.37. The molecule has 9 heteroatoms. The van der Waals surface area contributed by atoms with Crippen molar-refractivity contribution in [1.29, 1.82) is 0 Å². The molecule has 0 aliphatic carbocycles. The van der Waals surface area contributed by atoms with E-state index in [0.717, 1.165) is 0 Å². The molecule has 3 rings (SSSR count). The minimum atomic E-state index is -1.24. The summed E-state index contributed by atoms with van der Waals surface area (Å²) < 4.78 is 27.1. The average Bonchev–Trinajstić information content (AvgIpc) is 2.57. The van der Waals surface area contributed by atoms with Gasteiger partial charge in [-0.05, 0) is 32.0 Å². The Bertz CT molecular complexity index is 892. The Kier molecular flexibility index (Phi) is 5.09. The highest BCUT2D eigenvalue weighted by molar-refractivity contribution is 5.77. The van der Waals surface area contributed by atoms with E-state index in [4.69, 9.17) is 29.1 Å². The van der Waals surface area contributed by atoms with Crippen molar-refractivity contribution in [2.45, 2.75) is 44.1 Å². The lowest BCUT2D eigenvalue weighted by Gasteiger charge is -2.47. The number of aliphatic hydroxyl groups excluding tert-OH is 1. The second kappa shape index (κ2) is 7.18. The van der Waals surface area contributed by atoms with Crippen LogP contribution in [0.15, 0.2) is 39.5 Å². The molecule has 1 amide bonds. The van der Waals surface area contributed by atoms with Crippen LogP contribution < -0.4 is 16.1 Å². The molecule has 1 aromatic carbocycles. The van der Waals surface area contributed by atoms with Gasteiger partial charge in [-0.25, -0.2) is 9.59 Å². The Morgan fingerprint density at radius 2 is 1.96 bits per heavy atom. The molecule has 1 aliphatic rings. The van der Waals surface area contributed by atoms with Crippen molar-refractivity contribution < 1.29 is 33.3 Å². The minimum Gasteiger partial charge on any atom is -0.461 e. The van der Waals surface area contributed by atoms with Crippen molar-refractivity contribution in [3.05, 3.63) is 40.8 Å². The van der Waals surface area contributed by atoms with E-state index in [1.54, 1.807) is 32.0 Å². The maximum Gasteiger partial charge on any atom is 0.405 e. The van der Waals surface area contributed by atoms with Crippen LogP contribution in [0.1, 0.15) is 13.8 Å². The van der Waals surface area contributed by atoms with Crippen LogP contribution in [0.5, 0.6) is 5.75 Å². The molecule has 0 unspecified atom stereocenters. The first kappa shape index (κ1) is 19.2. The van der Waals surface area contributed by atoms with Crippen molar-refractivity contribution in [2.24, 2.45) is 5.73 Å². The van der Waals surface area contributed by atoms with Gasteiger partial charge in [-0.3, -0.25) is 0 Å². The third kappa shape index (κ3) is 3.90. The van der Waals surface area contributed by atoms with Crippen LogP contribution >= 0.6 is 0 Å². The van der Waals surface area contributed by atoms with Crippen molar-refractivity contribution in [2.75, 3.05) is 7.11 Å². The Morgan fingerprint density at radius 1 is 1.26 bits per heavy atom. The molecule has 0 radical (unpaired) electrons. The number of carbonyl (C=O) groups excluding carboxylic acids is 1. The maximum absolute atomic E-state index is 11.4. The van der Waals surface area contributed by atoms with E-state index in [1.807, 2.05) is 0 Å². The Balaban J connectivity index is 1.92. The van der Waals surface area contributed by atoms with Crippen LogP contribution in [0.3, 0.4) is 0 Å². The molecule has 1 aromatic heterocycles. The second-order valence-electron chi connectivity index (χ2n) is 6.71. The molecular formula is C18H21NO8. The van der Waals surface area contributed by atoms with Crippen molar-refractivity contribution in [3.63, 3.8) is 0 Å². The van der Waals surface area contributed by atoms with E-state index >= 15 is 0 Å². The summed E-state index contributed by atoms with van der Waals surface area (Å²) in [4.78, 5) is 22.7. The minimum absolute atomic E-state index is 0.291. The number of carbonyl (C=O) groups is 1.